The second kappa shape index (κ2) is 4.13. The van der Waals surface area contributed by atoms with Crippen LogP contribution >= 0.6 is 0 Å². The number of hydrogen-bond donors (Lipinski definition) is 5. The predicted molar refractivity (Wildman–Crippen MR) is 68.3 cm³/mol. The fourth-order valence-electron chi connectivity index (χ4n) is 1.45. The smallest absolute Gasteiger partial charge is 0.141 e. The van der Waals surface area contributed by atoms with E-state index in [0.29, 0.717) is 22.7 Å². The quantitative estimate of drug-likeness (QED) is 0.401. The third-order valence-electron chi connectivity index (χ3n) is 2.31. The maximum Gasteiger partial charge on any atom is 0.141 e. The van der Waals surface area contributed by atoms with E-state index in [1.54, 1.807) is 24.3 Å². The molecule has 0 bridgehead atoms. The average Bonchev–Trinajstić information content (AvgIpc) is 2.25. The number of phenols is 2. The van der Waals surface area contributed by atoms with Gasteiger partial charge < -0.3 is 27.0 Å². The zero-order valence-corrected chi connectivity index (χ0v) is 9.01. The minimum absolute atomic E-state index is 0.0150. The van der Waals surface area contributed by atoms with Crippen LogP contribution in [-0.4, -0.2) is 10.2 Å². The molecular weight excluding hydrogens is 218 g/mol. The van der Waals surface area contributed by atoms with Crippen LogP contribution in [-0.2, 0) is 0 Å². The zero-order chi connectivity index (χ0) is 12.4. The first-order valence-electron chi connectivity index (χ1n) is 5.00. The highest BCUT2D eigenvalue weighted by Crippen LogP contribution is 2.33. The molecule has 5 nitrogen and oxygen atoms in total. The summed E-state index contributed by atoms with van der Waals surface area (Å²) in [5.74, 6) is 0.0300. The molecule has 0 aliphatic rings. The average molecular weight is 231 g/mol. The molecule has 2 rings (SSSR count). The molecule has 0 fully saturated rings. The lowest BCUT2D eigenvalue weighted by Crippen LogP contribution is -1.93. The molecule has 5 heteroatoms. The Labute approximate surface area is 98.3 Å². The van der Waals surface area contributed by atoms with E-state index in [4.69, 9.17) is 11.5 Å². The molecule has 0 atom stereocenters. The molecule has 0 unspecified atom stereocenters. The number of nitrogen functional groups attached to an aromatic ring is 2. The van der Waals surface area contributed by atoms with Gasteiger partial charge in [0.1, 0.15) is 11.5 Å². The summed E-state index contributed by atoms with van der Waals surface area (Å²) < 4.78 is 0. The Morgan fingerprint density at radius 2 is 1.18 bits per heavy atom. The Kier molecular flexibility index (Phi) is 2.66. The Hall–Kier alpha value is -2.56. The van der Waals surface area contributed by atoms with Gasteiger partial charge in [0.25, 0.3) is 0 Å². The van der Waals surface area contributed by atoms with Crippen molar-refractivity contribution in [1.82, 2.24) is 0 Å². The highest BCUT2D eigenvalue weighted by atomic mass is 16.3. The molecule has 0 heterocycles. The highest BCUT2D eigenvalue weighted by molar-refractivity contribution is 5.73. The van der Waals surface area contributed by atoms with Crippen molar-refractivity contribution in [3.63, 3.8) is 0 Å². The third-order valence-corrected chi connectivity index (χ3v) is 2.31. The third kappa shape index (κ3) is 2.34. The van der Waals surface area contributed by atoms with Crippen molar-refractivity contribution in [3.8, 4) is 11.5 Å². The van der Waals surface area contributed by atoms with Crippen LogP contribution in [0.25, 0.3) is 0 Å². The van der Waals surface area contributed by atoms with Crippen LogP contribution in [0, 0.1) is 0 Å². The topological polar surface area (TPSA) is 105 Å². The molecule has 0 saturated heterocycles. The molecule has 0 aromatic heterocycles. The van der Waals surface area contributed by atoms with Crippen molar-refractivity contribution < 1.29 is 10.2 Å². The van der Waals surface area contributed by atoms with Gasteiger partial charge in [0.05, 0.1) is 11.4 Å². The van der Waals surface area contributed by atoms with Gasteiger partial charge in [-0.05, 0) is 24.3 Å². The standard InChI is InChI=1S/C12H13N3O2/c13-7-1-3-9(11(16)5-7)15-10-4-2-8(14)6-12(10)17/h1-6,15-17H,13-14H2. The molecule has 0 amide bonds. The summed E-state index contributed by atoms with van der Waals surface area (Å²) >= 11 is 0. The summed E-state index contributed by atoms with van der Waals surface area (Å²) in [4.78, 5) is 0. The summed E-state index contributed by atoms with van der Waals surface area (Å²) in [6.45, 7) is 0. The van der Waals surface area contributed by atoms with E-state index in [0.717, 1.165) is 0 Å². The van der Waals surface area contributed by atoms with Gasteiger partial charge in [0.2, 0.25) is 0 Å². The lowest BCUT2D eigenvalue weighted by Gasteiger charge is -2.10. The van der Waals surface area contributed by atoms with Gasteiger partial charge in [-0.25, -0.2) is 0 Å². The molecule has 7 N–H and O–H groups in total. The largest absolute Gasteiger partial charge is 0.506 e. The van der Waals surface area contributed by atoms with E-state index in [1.165, 1.54) is 12.1 Å². The van der Waals surface area contributed by atoms with Crippen molar-refractivity contribution in [2.24, 2.45) is 0 Å². The van der Waals surface area contributed by atoms with Gasteiger partial charge >= 0.3 is 0 Å². The van der Waals surface area contributed by atoms with E-state index in [-0.39, 0.29) is 11.5 Å². The van der Waals surface area contributed by atoms with E-state index >= 15 is 0 Å². The van der Waals surface area contributed by atoms with Gasteiger partial charge in [0, 0.05) is 23.5 Å². The van der Waals surface area contributed by atoms with E-state index in [1.807, 2.05) is 0 Å². The lowest BCUT2D eigenvalue weighted by molar-refractivity contribution is 0.475. The first-order chi connectivity index (χ1) is 8.06. The first-order valence-corrected chi connectivity index (χ1v) is 5.00. The van der Waals surface area contributed by atoms with Crippen molar-refractivity contribution in [2.45, 2.75) is 0 Å². The van der Waals surface area contributed by atoms with Crippen LogP contribution in [0.5, 0.6) is 11.5 Å². The summed E-state index contributed by atoms with van der Waals surface area (Å²) in [6, 6.07) is 9.40. The maximum atomic E-state index is 9.65. The van der Waals surface area contributed by atoms with Crippen LogP contribution < -0.4 is 16.8 Å². The summed E-state index contributed by atoms with van der Waals surface area (Å²) in [6.07, 6.45) is 0. The number of aromatic hydroxyl groups is 2. The number of hydrogen-bond acceptors (Lipinski definition) is 5. The summed E-state index contributed by atoms with van der Waals surface area (Å²) in [5.41, 5.74) is 12.9. The van der Waals surface area contributed by atoms with E-state index in [2.05, 4.69) is 5.32 Å². The molecule has 2 aromatic rings. The predicted octanol–water partition coefficient (Wildman–Crippen LogP) is 2.01. The molecular formula is C12H13N3O2. The molecule has 88 valence electrons. The normalized spacial score (nSPS) is 10.1. The van der Waals surface area contributed by atoms with Crippen molar-refractivity contribution in [2.75, 3.05) is 16.8 Å². The summed E-state index contributed by atoms with van der Waals surface area (Å²) in [7, 11) is 0. The Morgan fingerprint density at radius 3 is 1.53 bits per heavy atom. The van der Waals surface area contributed by atoms with Crippen LogP contribution in [0.4, 0.5) is 22.7 Å². The monoisotopic (exact) mass is 231 g/mol. The van der Waals surface area contributed by atoms with Gasteiger partial charge in [-0.15, -0.1) is 0 Å². The fraction of sp³-hybridized carbons (Fsp3) is 0. The Balaban J connectivity index is 2.31. The number of nitrogens with one attached hydrogen (secondary N) is 1. The van der Waals surface area contributed by atoms with Crippen LogP contribution in [0.3, 0.4) is 0 Å². The van der Waals surface area contributed by atoms with Gasteiger partial charge in [-0.3, -0.25) is 0 Å². The number of benzene rings is 2. The van der Waals surface area contributed by atoms with Gasteiger partial charge in [0.15, 0.2) is 0 Å². The molecule has 0 spiro atoms. The van der Waals surface area contributed by atoms with Gasteiger partial charge in [-0.2, -0.15) is 0 Å². The van der Waals surface area contributed by atoms with Crippen LogP contribution in [0.15, 0.2) is 36.4 Å². The van der Waals surface area contributed by atoms with Gasteiger partial charge in [-0.1, -0.05) is 0 Å². The second-order valence-corrected chi connectivity index (χ2v) is 3.68. The van der Waals surface area contributed by atoms with Crippen LogP contribution in [0.1, 0.15) is 0 Å². The molecule has 0 aliphatic carbocycles. The van der Waals surface area contributed by atoms with Crippen molar-refractivity contribution in [3.05, 3.63) is 36.4 Å². The van der Waals surface area contributed by atoms with Crippen LogP contribution in [0.2, 0.25) is 0 Å². The number of anilines is 4. The molecule has 0 saturated carbocycles. The van der Waals surface area contributed by atoms with Crippen molar-refractivity contribution in [1.29, 1.82) is 0 Å². The summed E-state index contributed by atoms with van der Waals surface area (Å²) in [5, 5.41) is 22.2. The Morgan fingerprint density at radius 1 is 0.765 bits per heavy atom. The van der Waals surface area contributed by atoms with Crippen molar-refractivity contribution >= 4 is 22.7 Å². The SMILES string of the molecule is Nc1ccc(Nc2ccc(N)cc2O)c(O)c1. The number of phenolic OH excluding ortho intramolecular Hbond substituents is 2. The number of rotatable bonds is 2. The second-order valence-electron chi connectivity index (χ2n) is 3.68. The molecule has 2 aromatic carbocycles. The lowest BCUT2D eigenvalue weighted by atomic mass is 10.2. The van der Waals surface area contributed by atoms with E-state index in [9.17, 15) is 10.2 Å². The Bertz CT molecular complexity index is 506. The molecule has 17 heavy (non-hydrogen) atoms. The zero-order valence-electron chi connectivity index (χ0n) is 9.01. The fourth-order valence-corrected chi connectivity index (χ4v) is 1.45. The first kappa shape index (κ1) is 10.9. The van der Waals surface area contributed by atoms with E-state index < -0.39 is 0 Å². The molecule has 0 aliphatic heterocycles. The minimum atomic E-state index is 0.0150. The molecule has 0 radical (unpaired) electrons. The number of nitrogens with two attached hydrogens (primary N) is 2. The highest BCUT2D eigenvalue weighted by Gasteiger charge is 2.05. The maximum absolute atomic E-state index is 9.65. The minimum Gasteiger partial charge on any atom is -0.506 e.